The van der Waals surface area contributed by atoms with Crippen LogP contribution in [0, 0.1) is 0 Å². The Labute approximate surface area is 155 Å². The number of rotatable bonds is 7. The van der Waals surface area contributed by atoms with Crippen LogP contribution in [0.3, 0.4) is 0 Å². The summed E-state index contributed by atoms with van der Waals surface area (Å²) in [6, 6.07) is 8.06. The molecule has 0 spiro atoms. The van der Waals surface area contributed by atoms with Gasteiger partial charge < -0.3 is 20.5 Å². The Hall–Kier alpha value is -1.06. The third kappa shape index (κ3) is 7.85. The molecular formula is C16H27IN4O2. The zero-order valence-electron chi connectivity index (χ0n) is 13.7. The predicted octanol–water partition coefficient (Wildman–Crippen LogP) is 1.09. The molecule has 1 aromatic carbocycles. The molecule has 0 bridgehead atoms. The summed E-state index contributed by atoms with van der Waals surface area (Å²) in [7, 11) is 1.67. The van der Waals surface area contributed by atoms with E-state index in [0.717, 1.165) is 58.1 Å². The summed E-state index contributed by atoms with van der Waals surface area (Å²) in [6.07, 6.45) is 0.906. The molecule has 0 amide bonds. The monoisotopic (exact) mass is 434 g/mol. The first-order valence-electron chi connectivity index (χ1n) is 7.75. The number of benzene rings is 1. The number of nitrogens with zero attached hydrogens (tertiary/aromatic N) is 2. The van der Waals surface area contributed by atoms with Crippen LogP contribution in [-0.4, -0.2) is 63.9 Å². The van der Waals surface area contributed by atoms with Crippen LogP contribution in [0.1, 0.15) is 5.56 Å². The van der Waals surface area contributed by atoms with Gasteiger partial charge in [0, 0.05) is 26.2 Å². The molecule has 130 valence electrons. The molecule has 0 aliphatic carbocycles. The Morgan fingerprint density at radius 3 is 2.65 bits per heavy atom. The van der Waals surface area contributed by atoms with E-state index in [1.54, 1.807) is 7.11 Å². The normalized spacial score (nSPS) is 15.8. The molecule has 3 N–H and O–H groups in total. The summed E-state index contributed by atoms with van der Waals surface area (Å²) < 4.78 is 10.5. The molecule has 1 saturated heterocycles. The van der Waals surface area contributed by atoms with Crippen molar-refractivity contribution in [3.8, 4) is 5.75 Å². The number of nitrogens with two attached hydrogens (primary N) is 1. The number of halogens is 1. The van der Waals surface area contributed by atoms with Crippen molar-refractivity contribution in [2.45, 2.75) is 6.42 Å². The molecular weight excluding hydrogens is 407 g/mol. The minimum Gasteiger partial charge on any atom is -0.497 e. The lowest BCUT2D eigenvalue weighted by Gasteiger charge is -2.25. The molecule has 0 radical (unpaired) electrons. The van der Waals surface area contributed by atoms with E-state index in [-0.39, 0.29) is 24.0 Å². The van der Waals surface area contributed by atoms with Crippen molar-refractivity contribution in [1.82, 2.24) is 10.2 Å². The van der Waals surface area contributed by atoms with Crippen LogP contribution < -0.4 is 15.8 Å². The standard InChI is InChI=1S/C16H26N4O2.HI/c1-21-15-4-2-14(3-5-15)6-7-18-16(17)19-8-9-20-10-12-22-13-11-20;/h2-5H,6-13H2,1H3,(H3,17,18,19);1H. The summed E-state index contributed by atoms with van der Waals surface area (Å²) in [5.74, 6) is 1.39. The largest absolute Gasteiger partial charge is 0.497 e. The first-order chi connectivity index (χ1) is 10.8. The minimum atomic E-state index is 0. The highest BCUT2D eigenvalue weighted by Crippen LogP contribution is 2.11. The maximum atomic E-state index is 5.87. The average Bonchev–Trinajstić information content (AvgIpc) is 2.56. The van der Waals surface area contributed by atoms with Crippen LogP contribution in [0.4, 0.5) is 0 Å². The molecule has 2 rings (SSSR count). The Morgan fingerprint density at radius 1 is 1.30 bits per heavy atom. The number of morpholine rings is 1. The van der Waals surface area contributed by atoms with Crippen molar-refractivity contribution in [1.29, 1.82) is 0 Å². The molecule has 6 nitrogen and oxygen atoms in total. The van der Waals surface area contributed by atoms with Gasteiger partial charge in [0.1, 0.15) is 5.75 Å². The minimum absolute atomic E-state index is 0. The molecule has 1 aromatic rings. The van der Waals surface area contributed by atoms with E-state index in [0.29, 0.717) is 5.96 Å². The zero-order valence-corrected chi connectivity index (χ0v) is 16.0. The molecule has 0 unspecified atom stereocenters. The second-order valence-electron chi connectivity index (χ2n) is 5.25. The molecule has 1 aliphatic heterocycles. The predicted molar refractivity (Wildman–Crippen MR) is 104 cm³/mol. The number of nitrogens with one attached hydrogen (secondary N) is 1. The fourth-order valence-corrected chi connectivity index (χ4v) is 2.32. The van der Waals surface area contributed by atoms with Gasteiger partial charge in [0.25, 0.3) is 0 Å². The van der Waals surface area contributed by atoms with E-state index < -0.39 is 0 Å². The van der Waals surface area contributed by atoms with Crippen LogP contribution in [0.25, 0.3) is 0 Å². The number of guanidine groups is 1. The summed E-state index contributed by atoms with van der Waals surface area (Å²) in [5, 5.41) is 3.15. The lowest BCUT2D eigenvalue weighted by Crippen LogP contribution is -2.38. The van der Waals surface area contributed by atoms with Crippen LogP contribution in [-0.2, 0) is 11.2 Å². The topological polar surface area (TPSA) is 72.1 Å². The number of hydrogen-bond acceptors (Lipinski definition) is 4. The van der Waals surface area contributed by atoms with E-state index in [1.165, 1.54) is 5.56 Å². The first-order valence-corrected chi connectivity index (χ1v) is 7.75. The number of methoxy groups -OCH3 is 1. The summed E-state index contributed by atoms with van der Waals surface area (Å²) in [5.41, 5.74) is 7.12. The quantitative estimate of drug-likeness (QED) is 0.382. The van der Waals surface area contributed by atoms with Crippen LogP contribution in [0.2, 0.25) is 0 Å². The highest BCUT2D eigenvalue weighted by Gasteiger charge is 2.08. The summed E-state index contributed by atoms with van der Waals surface area (Å²) in [6.45, 7) is 6.05. The van der Waals surface area contributed by atoms with Gasteiger partial charge in [0.15, 0.2) is 5.96 Å². The molecule has 23 heavy (non-hydrogen) atoms. The lowest BCUT2D eigenvalue weighted by atomic mass is 10.1. The highest BCUT2D eigenvalue weighted by atomic mass is 127. The number of aliphatic imine (C=N–C) groups is 1. The van der Waals surface area contributed by atoms with E-state index in [1.807, 2.05) is 12.1 Å². The van der Waals surface area contributed by atoms with Crippen molar-refractivity contribution in [2.75, 3.05) is 53.0 Å². The van der Waals surface area contributed by atoms with Crippen molar-refractivity contribution < 1.29 is 9.47 Å². The molecule has 0 atom stereocenters. The Kier molecular flexibility index (Phi) is 9.97. The molecule has 1 aliphatic rings. The van der Waals surface area contributed by atoms with Crippen molar-refractivity contribution in [3.05, 3.63) is 29.8 Å². The Balaban J connectivity index is 0.00000264. The first kappa shape index (κ1) is 20.0. The van der Waals surface area contributed by atoms with Gasteiger partial charge in [-0.05, 0) is 24.1 Å². The van der Waals surface area contributed by atoms with Gasteiger partial charge in [-0.1, -0.05) is 12.1 Å². The van der Waals surface area contributed by atoms with Gasteiger partial charge in [-0.3, -0.25) is 9.89 Å². The van der Waals surface area contributed by atoms with Gasteiger partial charge in [0.05, 0.1) is 26.9 Å². The van der Waals surface area contributed by atoms with Gasteiger partial charge >= 0.3 is 0 Å². The molecule has 0 aromatic heterocycles. The SMILES string of the molecule is COc1ccc(CCNC(N)=NCCN2CCOCC2)cc1.I. The Bertz CT molecular complexity index is 462. The van der Waals surface area contributed by atoms with Crippen molar-refractivity contribution >= 4 is 29.9 Å². The number of hydrogen-bond donors (Lipinski definition) is 2. The molecule has 7 heteroatoms. The van der Waals surface area contributed by atoms with E-state index >= 15 is 0 Å². The Morgan fingerprint density at radius 2 is 2.00 bits per heavy atom. The van der Waals surface area contributed by atoms with Gasteiger partial charge in [0.2, 0.25) is 0 Å². The molecule has 1 heterocycles. The third-order valence-electron chi connectivity index (χ3n) is 3.68. The molecule has 1 fully saturated rings. The van der Waals surface area contributed by atoms with Gasteiger partial charge in [-0.25, -0.2) is 0 Å². The second kappa shape index (κ2) is 11.5. The maximum absolute atomic E-state index is 5.87. The van der Waals surface area contributed by atoms with Gasteiger partial charge in [-0.15, -0.1) is 24.0 Å². The highest BCUT2D eigenvalue weighted by molar-refractivity contribution is 14.0. The average molecular weight is 434 g/mol. The van der Waals surface area contributed by atoms with Crippen LogP contribution in [0.15, 0.2) is 29.3 Å². The second-order valence-corrected chi connectivity index (χ2v) is 5.25. The van der Waals surface area contributed by atoms with E-state index in [4.69, 9.17) is 15.2 Å². The van der Waals surface area contributed by atoms with Crippen molar-refractivity contribution in [3.63, 3.8) is 0 Å². The zero-order chi connectivity index (χ0) is 15.6. The maximum Gasteiger partial charge on any atom is 0.188 e. The third-order valence-corrected chi connectivity index (χ3v) is 3.68. The lowest BCUT2D eigenvalue weighted by molar-refractivity contribution is 0.0394. The van der Waals surface area contributed by atoms with Crippen molar-refractivity contribution in [2.24, 2.45) is 10.7 Å². The van der Waals surface area contributed by atoms with Crippen LogP contribution >= 0.6 is 24.0 Å². The fraction of sp³-hybridized carbons (Fsp3) is 0.562. The molecule has 0 saturated carbocycles. The fourth-order valence-electron chi connectivity index (χ4n) is 2.32. The van der Waals surface area contributed by atoms with E-state index in [2.05, 4.69) is 27.3 Å². The number of ether oxygens (including phenoxy) is 2. The van der Waals surface area contributed by atoms with E-state index in [9.17, 15) is 0 Å². The van der Waals surface area contributed by atoms with Gasteiger partial charge in [-0.2, -0.15) is 0 Å². The smallest absolute Gasteiger partial charge is 0.188 e. The summed E-state index contributed by atoms with van der Waals surface area (Å²) >= 11 is 0. The summed E-state index contributed by atoms with van der Waals surface area (Å²) in [4.78, 5) is 6.70. The van der Waals surface area contributed by atoms with Crippen LogP contribution in [0.5, 0.6) is 5.75 Å².